The van der Waals surface area contributed by atoms with Crippen molar-refractivity contribution in [1.29, 1.82) is 0 Å². The number of carbonyl (C=O) groups is 1. The number of benzene rings is 2. The molecule has 2 aromatic carbocycles. The molecule has 0 amide bonds. The summed E-state index contributed by atoms with van der Waals surface area (Å²) < 4.78 is 18.3. The van der Waals surface area contributed by atoms with Gasteiger partial charge in [0.25, 0.3) is 0 Å². The van der Waals surface area contributed by atoms with Crippen LogP contribution < -0.4 is 15.0 Å². The number of rotatable bonds is 8. The number of nitrogens with one attached hydrogen (secondary N) is 1. The molecule has 0 aliphatic carbocycles. The van der Waals surface area contributed by atoms with Gasteiger partial charge in [-0.1, -0.05) is 24.3 Å². The van der Waals surface area contributed by atoms with Gasteiger partial charge in [0.05, 0.1) is 17.7 Å². The lowest BCUT2D eigenvalue weighted by Crippen LogP contribution is -2.49. The molecule has 0 spiro atoms. The molecule has 0 saturated carbocycles. The number of para-hydroxylation sites is 1. The van der Waals surface area contributed by atoms with E-state index in [1.54, 1.807) is 6.20 Å². The summed E-state index contributed by atoms with van der Waals surface area (Å²) in [6.07, 6.45) is 4.23. The van der Waals surface area contributed by atoms with Gasteiger partial charge in [0.1, 0.15) is 18.0 Å². The predicted molar refractivity (Wildman–Crippen MR) is 170 cm³/mol. The highest BCUT2D eigenvalue weighted by Gasteiger charge is 2.38. The van der Waals surface area contributed by atoms with E-state index < -0.39 is 5.60 Å². The van der Waals surface area contributed by atoms with Crippen LogP contribution in [-0.2, 0) is 33.7 Å². The average molecular weight is 587 g/mol. The minimum atomic E-state index is -0.536. The first-order valence-electron chi connectivity index (χ1n) is 15.6. The lowest BCUT2D eigenvalue weighted by Gasteiger charge is -2.38. The number of hydrogen-bond acceptors (Lipinski definition) is 8. The van der Waals surface area contributed by atoms with Gasteiger partial charge in [-0.15, -0.1) is 0 Å². The van der Waals surface area contributed by atoms with Gasteiger partial charge in [0.15, 0.2) is 0 Å². The molecule has 0 unspecified atom stereocenters. The fraction of sp³-hybridized carbons (Fsp3) is 0.514. The van der Waals surface area contributed by atoms with Crippen molar-refractivity contribution in [3.05, 3.63) is 70.4 Å². The van der Waals surface area contributed by atoms with Crippen molar-refractivity contribution < 1.29 is 19.0 Å². The van der Waals surface area contributed by atoms with Crippen LogP contribution in [0.3, 0.4) is 0 Å². The normalized spacial score (nSPS) is 19.0. The van der Waals surface area contributed by atoms with E-state index in [0.717, 1.165) is 48.5 Å². The smallest absolute Gasteiger partial charge is 0.312 e. The number of ether oxygens (including phenoxy) is 3. The summed E-state index contributed by atoms with van der Waals surface area (Å²) in [5.41, 5.74) is 7.71. The van der Waals surface area contributed by atoms with Crippen molar-refractivity contribution in [3.8, 4) is 17.0 Å². The Morgan fingerprint density at radius 3 is 2.70 bits per heavy atom. The Morgan fingerprint density at radius 2 is 1.91 bits per heavy atom. The Kier molecular flexibility index (Phi) is 9.67. The molecule has 1 aromatic heterocycles. The van der Waals surface area contributed by atoms with Gasteiger partial charge in [-0.25, -0.2) is 9.97 Å². The number of fused-ring (bicyclic) bond motifs is 1. The molecular formula is C35H46N4O4. The SMILES string of the molecule is CCO[C@H]1CN(c2nccc(-c3cccc(C)c3OCc3ccc4c(c3C)CCNCC4)n2)CC[C@H]1C(=O)OC(C)(C)C. The molecule has 43 heavy (non-hydrogen) atoms. The second-order valence-electron chi connectivity index (χ2n) is 12.6. The molecule has 5 rings (SSSR count). The molecule has 0 bridgehead atoms. The molecule has 2 atom stereocenters. The topological polar surface area (TPSA) is 85.8 Å². The summed E-state index contributed by atoms with van der Waals surface area (Å²) in [5.74, 6) is 0.928. The van der Waals surface area contributed by atoms with Crippen LogP contribution in [0.2, 0.25) is 0 Å². The lowest BCUT2D eigenvalue weighted by atomic mass is 9.93. The molecule has 230 valence electrons. The van der Waals surface area contributed by atoms with E-state index in [2.05, 4.69) is 53.3 Å². The summed E-state index contributed by atoms with van der Waals surface area (Å²) >= 11 is 0. The molecule has 8 nitrogen and oxygen atoms in total. The largest absolute Gasteiger partial charge is 0.488 e. The van der Waals surface area contributed by atoms with Crippen LogP contribution in [0.15, 0.2) is 42.6 Å². The zero-order valence-corrected chi connectivity index (χ0v) is 26.5. The van der Waals surface area contributed by atoms with Gasteiger partial charge >= 0.3 is 5.97 Å². The van der Waals surface area contributed by atoms with Gasteiger partial charge in [-0.05, 0) is 114 Å². The van der Waals surface area contributed by atoms with E-state index in [1.165, 1.54) is 22.3 Å². The Balaban J connectivity index is 1.35. The first kappa shape index (κ1) is 31.0. The first-order chi connectivity index (χ1) is 20.6. The maximum absolute atomic E-state index is 13.0. The molecule has 8 heteroatoms. The zero-order valence-electron chi connectivity index (χ0n) is 26.5. The van der Waals surface area contributed by atoms with E-state index in [4.69, 9.17) is 19.2 Å². The second-order valence-corrected chi connectivity index (χ2v) is 12.6. The predicted octanol–water partition coefficient (Wildman–Crippen LogP) is 5.60. The molecule has 1 N–H and O–H groups in total. The van der Waals surface area contributed by atoms with Crippen LogP contribution in [0, 0.1) is 19.8 Å². The molecule has 3 heterocycles. The number of esters is 1. The maximum Gasteiger partial charge on any atom is 0.312 e. The highest BCUT2D eigenvalue weighted by Crippen LogP contribution is 2.34. The number of carbonyl (C=O) groups excluding carboxylic acids is 1. The lowest BCUT2D eigenvalue weighted by molar-refractivity contribution is -0.166. The Hall–Kier alpha value is -3.49. The third-order valence-corrected chi connectivity index (χ3v) is 8.37. The maximum atomic E-state index is 13.0. The van der Waals surface area contributed by atoms with E-state index >= 15 is 0 Å². The number of aromatic nitrogens is 2. The Bertz CT molecular complexity index is 1430. The van der Waals surface area contributed by atoms with Gasteiger partial charge in [-0.2, -0.15) is 0 Å². The summed E-state index contributed by atoms with van der Waals surface area (Å²) in [5, 5.41) is 3.51. The number of nitrogens with zero attached hydrogens (tertiary/aromatic N) is 3. The van der Waals surface area contributed by atoms with E-state index in [1.807, 2.05) is 39.8 Å². The molecular weight excluding hydrogens is 540 g/mol. The molecule has 1 fully saturated rings. The average Bonchev–Trinajstić information content (AvgIpc) is 3.23. The van der Waals surface area contributed by atoms with Crippen molar-refractivity contribution in [2.24, 2.45) is 5.92 Å². The van der Waals surface area contributed by atoms with Crippen molar-refractivity contribution in [2.75, 3.05) is 37.7 Å². The minimum Gasteiger partial charge on any atom is -0.488 e. The fourth-order valence-electron chi connectivity index (χ4n) is 6.14. The number of anilines is 1. The third kappa shape index (κ3) is 7.36. The van der Waals surface area contributed by atoms with Crippen molar-refractivity contribution >= 4 is 11.9 Å². The van der Waals surface area contributed by atoms with E-state index in [-0.39, 0.29) is 18.0 Å². The fourth-order valence-corrected chi connectivity index (χ4v) is 6.14. The van der Waals surface area contributed by atoms with Gasteiger partial charge in [0, 0.05) is 31.5 Å². The van der Waals surface area contributed by atoms with Crippen LogP contribution in [0.5, 0.6) is 5.75 Å². The van der Waals surface area contributed by atoms with Crippen LogP contribution in [0.4, 0.5) is 5.95 Å². The third-order valence-electron chi connectivity index (χ3n) is 8.37. The number of hydrogen-bond donors (Lipinski definition) is 1. The standard InChI is InChI=1S/C35H46N4O4/c1-7-41-31-21-39(20-16-29(31)33(40)43-35(4,5)6)34-37-19-15-30(38-34)28-10-8-9-23(2)32(28)42-22-26-12-11-25-13-17-36-18-14-27(25)24(26)3/h8-12,15,19,29,31,36H,7,13-14,16-18,20-22H2,1-6H3/t29-,31+/m1/s1. The quantitative estimate of drug-likeness (QED) is 0.342. The highest BCUT2D eigenvalue weighted by atomic mass is 16.6. The van der Waals surface area contributed by atoms with Crippen molar-refractivity contribution in [3.63, 3.8) is 0 Å². The van der Waals surface area contributed by atoms with Crippen LogP contribution in [0.25, 0.3) is 11.3 Å². The highest BCUT2D eigenvalue weighted by molar-refractivity contribution is 5.74. The summed E-state index contributed by atoms with van der Waals surface area (Å²) in [6, 6.07) is 12.6. The van der Waals surface area contributed by atoms with E-state index in [9.17, 15) is 4.79 Å². The van der Waals surface area contributed by atoms with Gasteiger partial charge in [-0.3, -0.25) is 4.79 Å². The summed E-state index contributed by atoms with van der Waals surface area (Å²) in [4.78, 5) is 24.7. The zero-order chi connectivity index (χ0) is 30.6. The van der Waals surface area contributed by atoms with E-state index in [0.29, 0.717) is 38.7 Å². The van der Waals surface area contributed by atoms with Crippen LogP contribution >= 0.6 is 0 Å². The molecule has 3 aromatic rings. The number of piperidine rings is 1. The van der Waals surface area contributed by atoms with Gasteiger partial charge in [0.2, 0.25) is 5.95 Å². The molecule has 1 saturated heterocycles. The Morgan fingerprint density at radius 1 is 1.09 bits per heavy atom. The van der Waals surface area contributed by atoms with Gasteiger partial charge < -0.3 is 24.4 Å². The monoisotopic (exact) mass is 586 g/mol. The number of aryl methyl sites for hydroxylation is 1. The second kappa shape index (κ2) is 13.4. The molecule has 0 radical (unpaired) electrons. The van der Waals surface area contributed by atoms with Crippen LogP contribution in [0.1, 0.15) is 61.9 Å². The first-order valence-corrected chi connectivity index (χ1v) is 15.6. The molecule has 2 aliphatic rings. The minimum absolute atomic E-state index is 0.205. The summed E-state index contributed by atoms with van der Waals surface area (Å²) in [7, 11) is 0. The van der Waals surface area contributed by atoms with Crippen molar-refractivity contribution in [2.45, 2.75) is 79.1 Å². The Labute approximate surface area is 256 Å². The van der Waals surface area contributed by atoms with Crippen LogP contribution in [-0.4, -0.2) is 60.4 Å². The summed E-state index contributed by atoms with van der Waals surface area (Å²) in [6.45, 7) is 16.1. The molecule has 2 aliphatic heterocycles. The van der Waals surface area contributed by atoms with Crippen molar-refractivity contribution in [1.82, 2.24) is 15.3 Å².